The van der Waals surface area contributed by atoms with Crippen LogP contribution in [0.2, 0.25) is 0 Å². The van der Waals surface area contributed by atoms with Crippen molar-refractivity contribution in [2.24, 2.45) is 0 Å². The van der Waals surface area contributed by atoms with E-state index in [2.05, 4.69) is 13.8 Å². The van der Waals surface area contributed by atoms with Crippen molar-refractivity contribution in [1.29, 1.82) is 0 Å². The molecule has 0 heterocycles. The summed E-state index contributed by atoms with van der Waals surface area (Å²) < 4.78 is 16.0. The Morgan fingerprint density at radius 1 is 0.821 bits per heavy atom. The molecule has 0 spiro atoms. The van der Waals surface area contributed by atoms with Gasteiger partial charge in [0.05, 0.1) is 12.5 Å². The molecule has 7 heteroatoms. The molecular weight excluding hydrogens is 495 g/mol. The zero-order valence-electron chi connectivity index (χ0n) is 16.0. The number of aliphatic hydroxyl groups is 2. The number of halogens is 2. The first-order chi connectivity index (χ1) is 13.4. The quantitative estimate of drug-likeness (QED) is 0.345. The number of ether oxygens (including phenoxy) is 2. The third-order valence-corrected chi connectivity index (χ3v) is 5.19. The van der Waals surface area contributed by atoms with Gasteiger partial charge in [0.25, 0.3) is 0 Å². The summed E-state index contributed by atoms with van der Waals surface area (Å²) in [5, 5.41) is 19.1. The van der Waals surface area contributed by atoms with Crippen LogP contribution in [0.15, 0.2) is 48.5 Å². The maximum atomic E-state index is 9.66. The number of hydrogen-bond acceptors (Lipinski definition) is 5. The maximum absolute atomic E-state index is 9.66. The van der Waals surface area contributed by atoms with E-state index in [1.165, 1.54) is 0 Å². The predicted octanol–water partition coefficient (Wildman–Crippen LogP) is 4.10. The third-order valence-electron chi connectivity index (χ3n) is 4.47. The second-order valence-electron chi connectivity index (χ2n) is 7.03. The number of alkyl halides is 1. The summed E-state index contributed by atoms with van der Waals surface area (Å²) in [7, 11) is 0. The van der Waals surface area contributed by atoms with E-state index < -0.39 is 12.2 Å². The van der Waals surface area contributed by atoms with Crippen LogP contribution in [0.25, 0.3) is 0 Å². The molecule has 0 saturated heterocycles. The van der Waals surface area contributed by atoms with Gasteiger partial charge in [0, 0.05) is 5.41 Å². The summed E-state index contributed by atoms with van der Waals surface area (Å²) in [6.07, 6.45) is -1.33. The number of hydrogen-bond donors (Lipinski definition) is 2. The van der Waals surface area contributed by atoms with Gasteiger partial charge >= 0.3 is 0 Å². The highest BCUT2D eigenvalue weighted by molar-refractivity contribution is 14.1. The molecule has 2 aromatic rings. The van der Waals surface area contributed by atoms with Gasteiger partial charge < -0.3 is 22.8 Å². The van der Waals surface area contributed by atoms with E-state index in [1.807, 2.05) is 48.5 Å². The van der Waals surface area contributed by atoms with Gasteiger partial charge in [0.15, 0.2) is 0 Å². The minimum Gasteiger partial charge on any atom is -0.491 e. The van der Waals surface area contributed by atoms with Gasteiger partial charge in [-0.1, -0.05) is 38.1 Å². The van der Waals surface area contributed by atoms with Crippen LogP contribution >= 0.6 is 34.6 Å². The summed E-state index contributed by atoms with van der Waals surface area (Å²) in [4.78, 5) is 0. The second kappa shape index (κ2) is 11.2. The fraction of sp³-hybridized carbons (Fsp3) is 0.429. The van der Waals surface area contributed by atoms with E-state index >= 15 is 0 Å². The zero-order chi connectivity index (χ0) is 20.6. The Hall–Kier alpha value is -1.06. The van der Waals surface area contributed by atoms with Gasteiger partial charge in [0.2, 0.25) is 0 Å². The molecule has 154 valence electrons. The Morgan fingerprint density at radius 2 is 1.25 bits per heavy atom. The molecule has 2 atom stereocenters. The number of aliphatic hydroxyl groups excluding tert-OH is 2. The summed E-state index contributed by atoms with van der Waals surface area (Å²) in [5.41, 5.74) is 2.07. The van der Waals surface area contributed by atoms with Crippen molar-refractivity contribution >= 4 is 34.6 Å². The molecule has 0 aliphatic rings. The minimum absolute atomic E-state index is 0.149. The van der Waals surface area contributed by atoms with Crippen molar-refractivity contribution in [1.82, 2.24) is 0 Å². The van der Waals surface area contributed by atoms with Crippen LogP contribution in [0.1, 0.15) is 25.0 Å². The van der Waals surface area contributed by atoms with Crippen LogP contribution < -0.4 is 9.47 Å². The van der Waals surface area contributed by atoms with Crippen LogP contribution in [0.5, 0.6) is 11.5 Å². The molecule has 0 radical (unpaired) electrons. The van der Waals surface area contributed by atoms with Crippen molar-refractivity contribution in [3.8, 4) is 11.5 Å². The molecule has 0 bridgehead atoms. The van der Waals surface area contributed by atoms with Crippen molar-refractivity contribution in [2.45, 2.75) is 31.5 Å². The van der Waals surface area contributed by atoms with Crippen LogP contribution in [-0.4, -0.2) is 48.1 Å². The fourth-order valence-electron chi connectivity index (χ4n) is 2.65. The molecule has 0 unspecified atom stereocenters. The number of rotatable bonds is 11. The smallest absolute Gasteiger partial charge is 0.119 e. The van der Waals surface area contributed by atoms with E-state index in [-0.39, 0.29) is 31.1 Å². The average Bonchev–Trinajstić information content (AvgIpc) is 2.71. The van der Waals surface area contributed by atoms with Crippen molar-refractivity contribution in [3.05, 3.63) is 59.7 Å². The Kier molecular flexibility index (Phi) is 9.30. The topological polar surface area (TPSA) is 68.2 Å². The van der Waals surface area contributed by atoms with Crippen molar-refractivity contribution in [2.75, 3.05) is 25.7 Å². The second-order valence-corrected chi connectivity index (χ2v) is 7.96. The maximum Gasteiger partial charge on any atom is 0.119 e. The molecule has 2 rings (SSSR count). The van der Waals surface area contributed by atoms with Gasteiger partial charge in [-0.25, -0.2) is 0 Å². The highest BCUT2D eigenvalue weighted by atomic mass is 127. The monoisotopic (exact) mass is 520 g/mol. The van der Waals surface area contributed by atoms with Gasteiger partial charge in [-0.2, -0.15) is 0 Å². The summed E-state index contributed by atoms with van der Waals surface area (Å²) >= 11 is 7.32. The standard InChI is InChI=1S/C21H26ClIO5/c1-21(2,15-3-7-19(8-4-15)26-12-17(24)11-22)16-5-9-20(10-6-16)27-13-18(25)14-28-23/h3-10,17-18,24-25H,11-14H2,1-2H3/t17-,18+/m0/s1. The largest absolute Gasteiger partial charge is 0.491 e. The molecule has 0 saturated carbocycles. The van der Waals surface area contributed by atoms with Gasteiger partial charge in [-0.05, 0) is 35.4 Å². The summed E-state index contributed by atoms with van der Waals surface area (Å²) in [6, 6.07) is 15.7. The van der Waals surface area contributed by atoms with E-state index in [4.69, 9.17) is 24.1 Å². The highest BCUT2D eigenvalue weighted by Gasteiger charge is 2.23. The molecule has 0 amide bonds. The normalized spacial score (nSPS) is 13.8. The Balaban J connectivity index is 2.01. The first-order valence-corrected chi connectivity index (χ1v) is 10.4. The van der Waals surface area contributed by atoms with Crippen LogP contribution in [-0.2, 0) is 8.48 Å². The molecule has 0 aliphatic carbocycles. The average molecular weight is 521 g/mol. The zero-order valence-corrected chi connectivity index (χ0v) is 18.9. The Bertz CT molecular complexity index is 706. The van der Waals surface area contributed by atoms with E-state index in [0.717, 1.165) is 11.1 Å². The molecular formula is C21H26ClIO5. The molecule has 0 aliphatic heterocycles. The molecule has 0 fully saturated rings. The van der Waals surface area contributed by atoms with Crippen molar-refractivity contribution < 1.29 is 22.8 Å². The van der Waals surface area contributed by atoms with Gasteiger partial charge in [0.1, 0.15) is 59.9 Å². The van der Waals surface area contributed by atoms with E-state index in [1.54, 1.807) is 23.0 Å². The van der Waals surface area contributed by atoms with E-state index in [0.29, 0.717) is 11.5 Å². The number of benzene rings is 2. The summed E-state index contributed by atoms with van der Waals surface area (Å²) in [6.45, 7) is 4.89. The lowest BCUT2D eigenvalue weighted by Crippen LogP contribution is -2.22. The molecule has 2 N–H and O–H groups in total. The lowest BCUT2D eigenvalue weighted by molar-refractivity contribution is 0.0768. The lowest BCUT2D eigenvalue weighted by Gasteiger charge is -2.26. The first kappa shape index (κ1) is 23.2. The third kappa shape index (κ3) is 6.77. The Labute approximate surface area is 185 Å². The van der Waals surface area contributed by atoms with Crippen LogP contribution in [0.3, 0.4) is 0 Å². The molecule has 2 aromatic carbocycles. The van der Waals surface area contributed by atoms with E-state index in [9.17, 15) is 10.2 Å². The molecule has 5 nitrogen and oxygen atoms in total. The Morgan fingerprint density at radius 3 is 1.64 bits per heavy atom. The SMILES string of the molecule is CC(C)(c1ccc(OC[C@@H](O)CCl)cc1)c1ccc(OC[C@@H](O)COI)cc1. The van der Waals surface area contributed by atoms with Gasteiger partial charge in [-0.15, -0.1) is 11.6 Å². The first-order valence-electron chi connectivity index (χ1n) is 8.99. The molecule has 28 heavy (non-hydrogen) atoms. The summed E-state index contributed by atoms with van der Waals surface area (Å²) in [5.74, 6) is 1.55. The minimum atomic E-state index is -0.672. The van der Waals surface area contributed by atoms with Crippen molar-refractivity contribution in [3.63, 3.8) is 0 Å². The fourth-order valence-corrected chi connectivity index (χ4v) is 3.16. The van der Waals surface area contributed by atoms with Crippen LogP contribution in [0.4, 0.5) is 0 Å². The van der Waals surface area contributed by atoms with Crippen LogP contribution in [0, 0.1) is 0 Å². The lowest BCUT2D eigenvalue weighted by atomic mass is 9.78. The predicted molar refractivity (Wildman–Crippen MR) is 119 cm³/mol. The molecule has 0 aromatic heterocycles. The van der Waals surface area contributed by atoms with Gasteiger partial charge in [-0.3, -0.25) is 0 Å². The highest BCUT2D eigenvalue weighted by Crippen LogP contribution is 2.33.